The summed E-state index contributed by atoms with van der Waals surface area (Å²) in [7, 11) is 2.11. The van der Waals surface area contributed by atoms with Crippen LogP contribution in [-0.4, -0.2) is 50.4 Å². The molecule has 4 fully saturated rings. The van der Waals surface area contributed by atoms with Crippen LogP contribution < -0.4 is 9.47 Å². The van der Waals surface area contributed by atoms with Gasteiger partial charge in [0, 0.05) is 6.42 Å². The van der Waals surface area contributed by atoms with Gasteiger partial charge in [-0.25, -0.2) is 0 Å². The van der Waals surface area contributed by atoms with Gasteiger partial charge in [0.25, 0.3) is 5.91 Å². The molecule has 1 unspecified atom stereocenters. The van der Waals surface area contributed by atoms with Gasteiger partial charge in [-0.2, -0.15) is 0 Å². The van der Waals surface area contributed by atoms with Crippen molar-refractivity contribution in [1.82, 2.24) is 9.80 Å². The van der Waals surface area contributed by atoms with Crippen molar-refractivity contribution in [2.24, 2.45) is 5.41 Å². The number of fused-ring (bicyclic) bond motifs is 3. The van der Waals surface area contributed by atoms with Gasteiger partial charge in [-0.05, 0) is 37.1 Å². The second kappa shape index (κ2) is 5.04. The zero-order valence-corrected chi connectivity index (χ0v) is 16.9. The van der Waals surface area contributed by atoms with Crippen LogP contribution in [0.3, 0.4) is 0 Å². The third kappa shape index (κ3) is 1.91. The highest BCUT2D eigenvalue weighted by molar-refractivity contribution is 8.73. The number of hydrogen-bond acceptors (Lipinski definition) is 6. The molecular formula is C18H22N2O4S2. The van der Waals surface area contributed by atoms with E-state index in [0.717, 1.165) is 11.3 Å². The average Bonchev–Trinajstić information content (AvgIpc) is 3.11. The average molecular weight is 395 g/mol. The highest BCUT2D eigenvalue weighted by Gasteiger charge is 2.76. The maximum absolute atomic E-state index is 13.5. The van der Waals surface area contributed by atoms with Gasteiger partial charge in [0.1, 0.15) is 10.8 Å². The molecule has 0 aromatic heterocycles. The Morgan fingerprint density at radius 2 is 2.00 bits per heavy atom. The molecule has 6 rings (SSSR count). The lowest BCUT2D eigenvalue weighted by Gasteiger charge is -2.57. The Bertz CT molecular complexity index is 818. The Kier molecular flexibility index (Phi) is 3.30. The van der Waals surface area contributed by atoms with Crippen LogP contribution in [0.4, 0.5) is 0 Å². The van der Waals surface area contributed by atoms with Gasteiger partial charge < -0.3 is 14.0 Å². The Morgan fingerprint density at radius 1 is 1.27 bits per heavy atom. The summed E-state index contributed by atoms with van der Waals surface area (Å²) < 4.78 is 24.2. The molecule has 26 heavy (non-hydrogen) atoms. The number of ether oxygens (including phenoxy) is 2. The van der Waals surface area contributed by atoms with Crippen molar-refractivity contribution in [1.29, 1.82) is 0 Å². The van der Waals surface area contributed by atoms with Crippen molar-refractivity contribution < 1.29 is 18.8 Å². The molecule has 4 saturated heterocycles. The predicted molar refractivity (Wildman–Crippen MR) is 100 cm³/mol. The van der Waals surface area contributed by atoms with Crippen molar-refractivity contribution in [3.05, 3.63) is 23.8 Å². The van der Waals surface area contributed by atoms with E-state index in [1.807, 2.05) is 37.1 Å². The van der Waals surface area contributed by atoms with Gasteiger partial charge in [-0.15, -0.1) is 0 Å². The molecule has 5 aliphatic rings. The first kappa shape index (κ1) is 17.0. The first-order valence-electron chi connectivity index (χ1n) is 8.75. The van der Waals surface area contributed by atoms with E-state index in [9.17, 15) is 9.35 Å². The van der Waals surface area contributed by atoms with Crippen molar-refractivity contribution in [2.75, 3.05) is 20.4 Å². The highest BCUT2D eigenvalue weighted by atomic mass is 33.1. The fraction of sp³-hybridized carbons (Fsp3) is 0.611. The van der Waals surface area contributed by atoms with Crippen LogP contribution in [0.2, 0.25) is 0 Å². The monoisotopic (exact) mass is 394 g/mol. The summed E-state index contributed by atoms with van der Waals surface area (Å²) in [6.45, 7) is 7.09. The predicted octanol–water partition coefficient (Wildman–Crippen LogP) is 2.48. The summed E-state index contributed by atoms with van der Waals surface area (Å²) in [5.41, 5.74) is 0.820. The van der Waals surface area contributed by atoms with Gasteiger partial charge in [0.05, 0.1) is 22.8 Å². The standard InChI is InChI=1S/C18H22N2O4S2/c1-16(2)8-18-9-19(4)17(3,25-26(18)22)15(21)20(18)14(16)11-5-6-12-13(7-11)24-10-23-12/h5-7,14H,8-10H2,1-4H3/t14-,17+,18+,26?/m0/s1. The Morgan fingerprint density at radius 3 is 2.77 bits per heavy atom. The summed E-state index contributed by atoms with van der Waals surface area (Å²) in [6.07, 6.45) is 0.713. The minimum absolute atomic E-state index is 0.0593. The summed E-state index contributed by atoms with van der Waals surface area (Å²) in [5.74, 6) is 1.51. The van der Waals surface area contributed by atoms with Crippen molar-refractivity contribution in [3.8, 4) is 11.5 Å². The van der Waals surface area contributed by atoms with Crippen molar-refractivity contribution in [2.45, 2.75) is 43.0 Å². The Balaban J connectivity index is 1.66. The smallest absolute Gasteiger partial charge is 0.262 e. The molecule has 1 spiro atoms. The van der Waals surface area contributed by atoms with Crippen LogP contribution in [0.1, 0.15) is 38.8 Å². The van der Waals surface area contributed by atoms with Crippen molar-refractivity contribution >= 4 is 26.9 Å². The first-order valence-corrected chi connectivity index (χ1v) is 11.2. The van der Waals surface area contributed by atoms with Gasteiger partial charge >= 0.3 is 0 Å². The maximum atomic E-state index is 13.5. The van der Waals surface area contributed by atoms with Gasteiger partial charge in [-0.3, -0.25) is 14.6 Å². The zero-order valence-electron chi connectivity index (χ0n) is 15.3. The molecule has 1 amide bonds. The number of carbonyl (C=O) groups excluding carboxylic acids is 1. The number of benzene rings is 1. The lowest BCUT2D eigenvalue weighted by molar-refractivity contribution is -0.150. The summed E-state index contributed by atoms with van der Waals surface area (Å²) >= 11 is 0. The van der Waals surface area contributed by atoms with E-state index in [2.05, 4.69) is 18.7 Å². The zero-order chi connectivity index (χ0) is 18.5. The minimum atomic E-state index is -1.15. The van der Waals surface area contributed by atoms with Crippen LogP contribution in [-0.2, 0) is 15.0 Å². The minimum Gasteiger partial charge on any atom is -0.603 e. The fourth-order valence-corrected chi connectivity index (χ4v) is 9.49. The molecule has 2 bridgehead atoms. The normalized spacial score (nSPS) is 40.2. The number of amides is 1. The number of nitrogens with zero attached hydrogens (tertiary/aromatic N) is 2. The van der Waals surface area contributed by atoms with Crippen LogP contribution in [0.15, 0.2) is 18.2 Å². The van der Waals surface area contributed by atoms with E-state index < -0.39 is 19.9 Å². The molecule has 140 valence electrons. The van der Waals surface area contributed by atoms with E-state index in [-0.39, 0.29) is 24.2 Å². The number of likely N-dealkylation sites (N-methyl/N-ethyl adjacent to an activating group) is 1. The lowest BCUT2D eigenvalue weighted by Crippen LogP contribution is -2.75. The summed E-state index contributed by atoms with van der Waals surface area (Å²) in [4.78, 5) is 16.1. The molecule has 0 aliphatic carbocycles. The highest BCUT2D eigenvalue weighted by Crippen LogP contribution is 2.66. The number of piperazine rings is 1. The molecule has 0 saturated carbocycles. The molecule has 1 aromatic carbocycles. The molecular weight excluding hydrogens is 372 g/mol. The van der Waals surface area contributed by atoms with Gasteiger partial charge in [-0.1, -0.05) is 19.9 Å². The molecule has 4 atom stereocenters. The van der Waals surface area contributed by atoms with Crippen LogP contribution in [0.5, 0.6) is 11.5 Å². The molecule has 1 aromatic rings. The van der Waals surface area contributed by atoms with E-state index in [1.54, 1.807) is 0 Å². The Hall–Kier alpha value is -1.09. The summed E-state index contributed by atoms with van der Waals surface area (Å²) in [6, 6.07) is 5.76. The van der Waals surface area contributed by atoms with E-state index in [0.29, 0.717) is 18.7 Å². The van der Waals surface area contributed by atoms with Crippen LogP contribution in [0, 0.1) is 5.41 Å². The molecule has 8 heteroatoms. The van der Waals surface area contributed by atoms with Crippen LogP contribution >= 0.6 is 10.8 Å². The molecule has 0 radical (unpaired) electrons. The molecule has 5 aliphatic heterocycles. The molecule has 0 N–H and O–H groups in total. The first-order chi connectivity index (χ1) is 12.2. The van der Waals surface area contributed by atoms with Crippen LogP contribution in [0.25, 0.3) is 0 Å². The SMILES string of the molecule is CN1C[C@]23CC(C)(C)[C@H](c4ccc5c(c4)OCO5)N2C(=O)[C@@]1(C)S[S+]3[O-]. The largest absolute Gasteiger partial charge is 0.603 e. The molecule has 6 nitrogen and oxygen atoms in total. The lowest BCUT2D eigenvalue weighted by atomic mass is 9.80. The van der Waals surface area contributed by atoms with E-state index >= 15 is 0 Å². The second-order valence-electron chi connectivity index (χ2n) is 8.46. The third-order valence-corrected chi connectivity index (χ3v) is 10.7. The fourth-order valence-electron chi connectivity index (χ4n) is 5.02. The second-order valence-corrected chi connectivity index (χ2v) is 12.1. The van der Waals surface area contributed by atoms with E-state index in [1.165, 1.54) is 10.8 Å². The number of hydrogen-bond donors (Lipinski definition) is 0. The molecule has 5 heterocycles. The third-order valence-electron chi connectivity index (χ3n) is 6.26. The summed E-state index contributed by atoms with van der Waals surface area (Å²) in [5, 5.41) is 0. The number of rotatable bonds is 1. The van der Waals surface area contributed by atoms with Gasteiger partial charge in [0.2, 0.25) is 11.7 Å². The topological polar surface area (TPSA) is 65.1 Å². The number of carbonyl (C=O) groups is 1. The van der Waals surface area contributed by atoms with E-state index in [4.69, 9.17) is 9.47 Å². The quantitative estimate of drug-likeness (QED) is 0.539. The Labute approximate surface area is 159 Å². The maximum Gasteiger partial charge on any atom is 0.262 e. The van der Waals surface area contributed by atoms with Gasteiger partial charge in [0.15, 0.2) is 16.4 Å². The van der Waals surface area contributed by atoms with Crippen molar-refractivity contribution in [3.63, 3.8) is 0 Å².